The summed E-state index contributed by atoms with van der Waals surface area (Å²) in [6.45, 7) is 5.25. The standard InChI is InChI=1S/C16H17N2O5P.C3H8O/c1-10-3-2-4-11(7-10)16(24(20,21)22)17-12-5-6-14-13(8-12)18-15(19)9-23-14;1-3(2)4/h2-8,16-17H,9H2,1H3,(H,18,19)(H2,20,21,22);3-4H,1-2H3. The van der Waals surface area contributed by atoms with Gasteiger partial charge in [-0.15, -0.1) is 0 Å². The van der Waals surface area contributed by atoms with E-state index in [0.717, 1.165) is 5.56 Å². The lowest BCUT2D eigenvalue weighted by Crippen LogP contribution is -2.25. The van der Waals surface area contributed by atoms with Gasteiger partial charge in [-0.3, -0.25) is 9.36 Å². The summed E-state index contributed by atoms with van der Waals surface area (Å²) in [5.74, 6) is -0.941. The number of nitrogens with one attached hydrogen (secondary N) is 2. The zero-order chi connectivity index (χ0) is 20.9. The first-order valence-corrected chi connectivity index (χ1v) is 10.4. The number of fused-ring (bicyclic) bond motifs is 1. The monoisotopic (exact) mass is 408 g/mol. The molecule has 0 saturated heterocycles. The van der Waals surface area contributed by atoms with Crippen LogP contribution in [0.5, 0.6) is 5.75 Å². The van der Waals surface area contributed by atoms with Gasteiger partial charge in [0.25, 0.3) is 5.91 Å². The highest BCUT2D eigenvalue weighted by Gasteiger charge is 2.31. The van der Waals surface area contributed by atoms with Crippen LogP contribution in [-0.4, -0.2) is 33.5 Å². The van der Waals surface area contributed by atoms with Gasteiger partial charge in [0.15, 0.2) is 12.4 Å². The molecule has 2 aromatic rings. The summed E-state index contributed by atoms with van der Waals surface area (Å²) in [5.41, 5.74) is 2.32. The summed E-state index contributed by atoms with van der Waals surface area (Å²) in [4.78, 5) is 30.8. The van der Waals surface area contributed by atoms with E-state index in [0.29, 0.717) is 22.7 Å². The summed E-state index contributed by atoms with van der Waals surface area (Å²) in [6.07, 6.45) is -0.167. The van der Waals surface area contributed by atoms with Crippen molar-refractivity contribution in [3.63, 3.8) is 0 Å². The molecule has 0 aliphatic carbocycles. The molecule has 3 rings (SSSR count). The quantitative estimate of drug-likeness (QED) is 0.492. The van der Waals surface area contributed by atoms with Crippen LogP contribution in [0.4, 0.5) is 11.4 Å². The number of carbonyl (C=O) groups excluding carboxylic acids is 1. The maximum absolute atomic E-state index is 11.9. The van der Waals surface area contributed by atoms with Gasteiger partial charge in [-0.05, 0) is 44.5 Å². The van der Waals surface area contributed by atoms with E-state index in [-0.39, 0.29) is 18.6 Å². The number of rotatable bonds is 4. The summed E-state index contributed by atoms with van der Waals surface area (Å²) < 4.78 is 17.2. The van der Waals surface area contributed by atoms with Crippen molar-refractivity contribution in [3.8, 4) is 5.75 Å². The van der Waals surface area contributed by atoms with Gasteiger partial charge in [0.05, 0.1) is 5.69 Å². The Morgan fingerprint density at radius 3 is 2.46 bits per heavy atom. The number of hydrogen-bond acceptors (Lipinski definition) is 5. The normalized spacial score (nSPS) is 14.2. The smallest absolute Gasteiger partial charge is 0.352 e. The minimum atomic E-state index is -4.45. The van der Waals surface area contributed by atoms with Gasteiger partial charge in [0.2, 0.25) is 0 Å². The molecule has 1 unspecified atom stereocenters. The number of benzene rings is 2. The average molecular weight is 408 g/mol. The number of carbonyl (C=O) groups is 1. The Labute approximate surface area is 163 Å². The van der Waals surface area contributed by atoms with E-state index in [4.69, 9.17) is 9.84 Å². The molecular weight excluding hydrogens is 383 g/mol. The minimum Gasteiger partial charge on any atom is -0.482 e. The average Bonchev–Trinajstić information content (AvgIpc) is 2.57. The molecule has 0 bridgehead atoms. The van der Waals surface area contributed by atoms with Crippen molar-refractivity contribution in [1.29, 1.82) is 0 Å². The fourth-order valence-corrected chi connectivity index (χ4v) is 3.40. The predicted molar refractivity (Wildman–Crippen MR) is 108 cm³/mol. The molecule has 1 aliphatic rings. The molecule has 9 heteroatoms. The summed E-state index contributed by atoms with van der Waals surface area (Å²) >= 11 is 0. The third-order valence-electron chi connectivity index (χ3n) is 3.61. The molecule has 2 aromatic carbocycles. The molecule has 8 nitrogen and oxygen atoms in total. The molecule has 0 fully saturated rings. The number of aliphatic hydroxyl groups excluding tert-OH is 1. The highest BCUT2D eigenvalue weighted by molar-refractivity contribution is 7.52. The molecule has 1 heterocycles. The molecular formula is C19H25N2O6P. The fraction of sp³-hybridized carbons (Fsp3) is 0.316. The lowest BCUT2D eigenvalue weighted by Gasteiger charge is -2.23. The third-order valence-corrected chi connectivity index (χ3v) is 4.71. The Hall–Kier alpha value is -2.38. The first kappa shape index (κ1) is 21.9. The van der Waals surface area contributed by atoms with Crippen LogP contribution >= 0.6 is 7.60 Å². The van der Waals surface area contributed by atoms with Crippen molar-refractivity contribution >= 4 is 24.9 Å². The fourth-order valence-electron chi connectivity index (χ4n) is 2.53. The van der Waals surface area contributed by atoms with E-state index in [1.165, 1.54) is 0 Å². The van der Waals surface area contributed by atoms with Crippen LogP contribution in [0.2, 0.25) is 0 Å². The van der Waals surface area contributed by atoms with Crippen LogP contribution in [0, 0.1) is 6.92 Å². The molecule has 0 saturated carbocycles. The number of amides is 1. The molecule has 1 aliphatic heterocycles. The second-order valence-corrected chi connectivity index (χ2v) is 8.39. The van der Waals surface area contributed by atoms with Crippen molar-refractivity contribution in [2.45, 2.75) is 32.7 Å². The van der Waals surface area contributed by atoms with Crippen molar-refractivity contribution in [2.24, 2.45) is 0 Å². The SMILES string of the molecule is CC(C)O.Cc1cccc(C(Nc2ccc3c(c2)NC(=O)CO3)P(=O)(O)O)c1. The van der Waals surface area contributed by atoms with E-state index >= 15 is 0 Å². The Balaban J connectivity index is 0.000000640. The molecule has 152 valence electrons. The van der Waals surface area contributed by atoms with Gasteiger partial charge < -0.3 is 30.3 Å². The Morgan fingerprint density at radius 1 is 1.18 bits per heavy atom. The Morgan fingerprint density at radius 2 is 1.86 bits per heavy atom. The topological polar surface area (TPSA) is 128 Å². The lowest BCUT2D eigenvalue weighted by atomic mass is 10.1. The summed E-state index contributed by atoms with van der Waals surface area (Å²) in [5, 5.41) is 13.6. The largest absolute Gasteiger partial charge is 0.482 e. The molecule has 28 heavy (non-hydrogen) atoms. The van der Waals surface area contributed by atoms with Gasteiger partial charge in [-0.25, -0.2) is 0 Å². The summed E-state index contributed by atoms with van der Waals surface area (Å²) in [7, 11) is -4.45. The highest BCUT2D eigenvalue weighted by atomic mass is 31.2. The van der Waals surface area contributed by atoms with Crippen LogP contribution in [0.3, 0.4) is 0 Å². The van der Waals surface area contributed by atoms with Crippen LogP contribution in [-0.2, 0) is 9.36 Å². The van der Waals surface area contributed by atoms with Gasteiger partial charge in [-0.1, -0.05) is 29.8 Å². The second kappa shape index (κ2) is 9.21. The van der Waals surface area contributed by atoms with Gasteiger partial charge in [0, 0.05) is 11.8 Å². The van der Waals surface area contributed by atoms with Crippen molar-refractivity contribution in [3.05, 3.63) is 53.6 Å². The van der Waals surface area contributed by atoms with Crippen LogP contribution in [0.15, 0.2) is 42.5 Å². The van der Waals surface area contributed by atoms with E-state index < -0.39 is 13.4 Å². The molecule has 0 aromatic heterocycles. The number of aryl methyl sites for hydroxylation is 1. The molecule has 1 amide bonds. The molecule has 1 atom stereocenters. The van der Waals surface area contributed by atoms with E-state index in [1.54, 1.807) is 50.2 Å². The van der Waals surface area contributed by atoms with E-state index in [9.17, 15) is 19.1 Å². The van der Waals surface area contributed by atoms with Crippen molar-refractivity contribution in [2.75, 3.05) is 17.2 Å². The Bertz CT molecular complexity index is 878. The maximum Gasteiger partial charge on any atom is 0.352 e. The third kappa shape index (κ3) is 6.35. The van der Waals surface area contributed by atoms with Crippen molar-refractivity contribution in [1.82, 2.24) is 0 Å². The maximum atomic E-state index is 11.9. The summed E-state index contributed by atoms with van der Waals surface area (Å²) in [6, 6.07) is 11.9. The lowest BCUT2D eigenvalue weighted by molar-refractivity contribution is -0.118. The first-order valence-electron chi connectivity index (χ1n) is 8.69. The number of aliphatic hydroxyl groups is 1. The minimum absolute atomic E-state index is 0.0474. The van der Waals surface area contributed by atoms with Gasteiger partial charge in [0.1, 0.15) is 5.75 Å². The van der Waals surface area contributed by atoms with Crippen molar-refractivity contribution < 1.29 is 29.0 Å². The number of anilines is 2. The second-order valence-electron chi connectivity index (χ2n) is 6.69. The van der Waals surface area contributed by atoms with E-state index in [1.807, 2.05) is 13.0 Å². The van der Waals surface area contributed by atoms with Crippen LogP contribution < -0.4 is 15.4 Å². The van der Waals surface area contributed by atoms with Crippen LogP contribution in [0.1, 0.15) is 30.8 Å². The predicted octanol–water partition coefficient (Wildman–Crippen LogP) is 3.00. The molecule has 5 N–H and O–H groups in total. The number of ether oxygens (including phenoxy) is 1. The number of hydrogen-bond donors (Lipinski definition) is 5. The van der Waals surface area contributed by atoms with E-state index in [2.05, 4.69) is 10.6 Å². The van der Waals surface area contributed by atoms with Gasteiger partial charge in [-0.2, -0.15) is 0 Å². The zero-order valence-corrected chi connectivity index (χ0v) is 16.8. The first-order chi connectivity index (χ1) is 13.1. The van der Waals surface area contributed by atoms with Gasteiger partial charge >= 0.3 is 7.60 Å². The Kier molecular flexibility index (Phi) is 7.21. The molecule has 0 radical (unpaired) electrons. The van der Waals surface area contributed by atoms with Crippen LogP contribution in [0.25, 0.3) is 0 Å². The zero-order valence-electron chi connectivity index (χ0n) is 15.9. The molecule has 0 spiro atoms. The highest BCUT2D eigenvalue weighted by Crippen LogP contribution is 2.52.